The zero-order valence-corrected chi connectivity index (χ0v) is 10.4. The first-order chi connectivity index (χ1) is 7.22. The molecule has 2 nitrogen and oxygen atoms in total. The van der Waals surface area contributed by atoms with Crippen LogP contribution in [0.5, 0.6) is 0 Å². The van der Waals surface area contributed by atoms with Gasteiger partial charge in [0.2, 0.25) is 0 Å². The van der Waals surface area contributed by atoms with E-state index >= 15 is 0 Å². The smallest absolute Gasteiger partial charge is 0.0991 e. The Labute approximate surface area is 102 Å². The number of rotatable bonds is 1. The summed E-state index contributed by atoms with van der Waals surface area (Å²) in [5, 5.41) is 8.71. The first-order valence-electron chi connectivity index (χ1n) is 4.57. The van der Waals surface area contributed by atoms with Crippen LogP contribution in [-0.2, 0) is 0 Å². The Hall–Kier alpha value is -1.28. The number of aryl methyl sites for hydroxylation is 1. The molecule has 2 rings (SSSR count). The molecule has 0 aliphatic carbocycles. The van der Waals surface area contributed by atoms with Crippen molar-refractivity contribution in [2.24, 2.45) is 0 Å². The molecule has 0 aliphatic rings. The molecule has 0 aliphatic heterocycles. The van der Waals surface area contributed by atoms with Gasteiger partial charge in [0.25, 0.3) is 0 Å². The van der Waals surface area contributed by atoms with Crippen molar-refractivity contribution in [2.45, 2.75) is 6.92 Å². The van der Waals surface area contributed by atoms with Gasteiger partial charge in [0.15, 0.2) is 0 Å². The van der Waals surface area contributed by atoms with Crippen LogP contribution in [0.2, 0.25) is 0 Å². The van der Waals surface area contributed by atoms with Gasteiger partial charge in [-0.1, -0.05) is 0 Å². The highest BCUT2D eigenvalue weighted by Crippen LogP contribution is 2.18. The molecular formula is C12H9IN2. The van der Waals surface area contributed by atoms with Crippen LogP contribution in [0.15, 0.2) is 36.4 Å². The molecule has 1 heterocycles. The Morgan fingerprint density at radius 1 is 1.13 bits per heavy atom. The average Bonchev–Trinajstić information content (AvgIpc) is 2.59. The minimum atomic E-state index is 0.693. The Morgan fingerprint density at radius 2 is 1.80 bits per heavy atom. The van der Waals surface area contributed by atoms with Crippen LogP contribution in [-0.4, -0.2) is 4.57 Å². The SMILES string of the molecule is Cc1ccc(I)n1-c1ccc(C#N)cc1. The molecule has 2 aromatic rings. The van der Waals surface area contributed by atoms with E-state index in [-0.39, 0.29) is 0 Å². The van der Waals surface area contributed by atoms with E-state index < -0.39 is 0 Å². The lowest BCUT2D eigenvalue weighted by Crippen LogP contribution is -1.98. The van der Waals surface area contributed by atoms with Crippen LogP contribution < -0.4 is 0 Å². The van der Waals surface area contributed by atoms with Crippen LogP contribution in [0, 0.1) is 22.0 Å². The first kappa shape index (κ1) is 10.2. The molecule has 0 radical (unpaired) electrons. The predicted molar refractivity (Wildman–Crippen MR) is 67.9 cm³/mol. The lowest BCUT2D eigenvalue weighted by Gasteiger charge is -2.07. The summed E-state index contributed by atoms with van der Waals surface area (Å²) in [6.07, 6.45) is 0. The van der Waals surface area contributed by atoms with Crippen molar-refractivity contribution >= 4 is 22.6 Å². The van der Waals surface area contributed by atoms with Gasteiger partial charge >= 0.3 is 0 Å². The Morgan fingerprint density at radius 3 is 2.27 bits per heavy atom. The van der Waals surface area contributed by atoms with E-state index in [0.29, 0.717) is 5.56 Å². The van der Waals surface area contributed by atoms with E-state index in [0.717, 1.165) is 5.69 Å². The lowest BCUT2D eigenvalue weighted by atomic mass is 10.2. The monoisotopic (exact) mass is 308 g/mol. The zero-order valence-electron chi connectivity index (χ0n) is 8.24. The molecule has 74 valence electrons. The maximum Gasteiger partial charge on any atom is 0.0991 e. The van der Waals surface area contributed by atoms with Gasteiger partial charge in [-0.25, -0.2) is 0 Å². The van der Waals surface area contributed by atoms with E-state index in [1.807, 2.05) is 24.3 Å². The van der Waals surface area contributed by atoms with E-state index in [4.69, 9.17) is 5.26 Å². The molecule has 0 saturated heterocycles. The van der Waals surface area contributed by atoms with Crippen LogP contribution >= 0.6 is 22.6 Å². The summed E-state index contributed by atoms with van der Waals surface area (Å²) in [6, 6.07) is 13.9. The molecule has 0 N–H and O–H groups in total. The number of nitrogens with zero attached hydrogens (tertiary/aromatic N) is 2. The van der Waals surface area contributed by atoms with E-state index in [9.17, 15) is 0 Å². The minimum Gasteiger partial charge on any atom is -0.309 e. The summed E-state index contributed by atoms with van der Waals surface area (Å²) in [6.45, 7) is 2.07. The summed E-state index contributed by atoms with van der Waals surface area (Å²) in [4.78, 5) is 0. The van der Waals surface area contributed by atoms with Gasteiger partial charge in [-0.2, -0.15) is 5.26 Å². The summed E-state index contributed by atoms with van der Waals surface area (Å²) in [5.41, 5.74) is 2.99. The van der Waals surface area contributed by atoms with Crippen molar-refractivity contribution in [2.75, 3.05) is 0 Å². The third kappa shape index (κ3) is 1.90. The van der Waals surface area contributed by atoms with Crippen molar-refractivity contribution in [1.82, 2.24) is 4.57 Å². The fourth-order valence-electron chi connectivity index (χ4n) is 1.52. The summed E-state index contributed by atoms with van der Waals surface area (Å²) < 4.78 is 3.33. The van der Waals surface area contributed by atoms with Crippen LogP contribution in [0.3, 0.4) is 0 Å². The van der Waals surface area contributed by atoms with Crippen molar-refractivity contribution in [3.8, 4) is 11.8 Å². The van der Waals surface area contributed by atoms with Gasteiger partial charge in [-0.3, -0.25) is 0 Å². The number of nitriles is 1. The van der Waals surface area contributed by atoms with Crippen LogP contribution in [0.25, 0.3) is 5.69 Å². The lowest BCUT2D eigenvalue weighted by molar-refractivity contribution is 0.987. The molecule has 0 spiro atoms. The molecule has 0 fully saturated rings. The van der Waals surface area contributed by atoms with Gasteiger partial charge in [0.05, 0.1) is 15.3 Å². The largest absolute Gasteiger partial charge is 0.309 e. The highest BCUT2D eigenvalue weighted by Gasteiger charge is 2.04. The molecule has 1 aromatic heterocycles. The van der Waals surface area contributed by atoms with Crippen molar-refractivity contribution in [3.63, 3.8) is 0 Å². The number of benzene rings is 1. The highest BCUT2D eigenvalue weighted by atomic mass is 127. The molecule has 0 atom stereocenters. The number of aromatic nitrogens is 1. The maximum absolute atomic E-state index is 8.71. The van der Waals surface area contributed by atoms with E-state index in [1.165, 1.54) is 9.39 Å². The third-order valence-corrected chi connectivity index (χ3v) is 3.13. The molecule has 0 unspecified atom stereocenters. The molecule has 15 heavy (non-hydrogen) atoms. The molecule has 3 heteroatoms. The summed E-state index contributed by atoms with van der Waals surface area (Å²) in [7, 11) is 0. The van der Waals surface area contributed by atoms with Crippen molar-refractivity contribution in [1.29, 1.82) is 5.26 Å². The second kappa shape index (κ2) is 4.07. The van der Waals surface area contributed by atoms with E-state index in [1.54, 1.807) is 0 Å². The van der Waals surface area contributed by atoms with Crippen molar-refractivity contribution in [3.05, 3.63) is 51.4 Å². The van der Waals surface area contributed by atoms with Crippen LogP contribution in [0.4, 0.5) is 0 Å². The minimum absolute atomic E-state index is 0.693. The topological polar surface area (TPSA) is 28.7 Å². The second-order valence-electron chi connectivity index (χ2n) is 3.29. The van der Waals surface area contributed by atoms with Gasteiger partial charge in [-0.05, 0) is 65.9 Å². The summed E-state index contributed by atoms with van der Waals surface area (Å²) >= 11 is 2.30. The van der Waals surface area contributed by atoms with Crippen molar-refractivity contribution < 1.29 is 0 Å². The molecule has 0 saturated carbocycles. The van der Waals surface area contributed by atoms with E-state index in [2.05, 4.69) is 52.3 Å². The molecule has 0 bridgehead atoms. The first-order valence-corrected chi connectivity index (χ1v) is 5.64. The normalized spacial score (nSPS) is 9.93. The Kier molecular flexibility index (Phi) is 2.78. The molecule has 0 amide bonds. The molecule has 1 aromatic carbocycles. The van der Waals surface area contributed by atoms with Crippen LogP contribution in [0.1, 0.15) is 11.3 Å². The standard InChI is InChI=1S/C12H9IN2/c1-9-2-7-12(13)15(9)11-5-3-10(8-14)4-6-11/h2-7H,1H3. The third-order valence-electron chi connectivity index (χ3n) is 2.28. The van der Waals surface area contributed by atoms with Gasteiger partial charge < -0.3 is 4.57 Å². The van der Waals surface area contributed by atoms with Gasteiger partial charge in [-0.15, -0.1) is 0 Å². The summed E-state index contributed by atoms with van der Waals surface area (Å²) in [5.74, 6) is 0. The molecular weight excluding hydrogens is 299 g/mol. The second-order valence-corrected chi connectivity index (χ2v) is 4.40. The highest BCUT2D eigenvalue weighted by molar-refractivity contribution is 14.1. The fraction of sp³-hybridized carbons (Fsp3) is 0.0833. The quantitative estimate of drug-likeness (QED) is 0.743. The Balaban J connectivity index is 2.51. The number of hydrogen-bond donors (Lipinski definition) is 0. The fourth-order valence-corrected chi connectivity index (χ4v) is 2.36. The zero-order chi connectivity index (χ0) is 10.8. The predicted octanol–water partition coefficient (Wildman–Crippen LogP) is 3.26. The average molecular weight is 308 g/mol. The van der Waals surface area contributed by atoms with Gasteiger partial charge in [0, 0.05) is 11.4 Å². The maximum atomic E-state index is 8.71. The van der Waals surface area contributed by atoms with Gasteiger partial charge in [0.1, 0.15) is 0 Å². The number of hydrogen-bond acceptors (Lipinski definition) is 1. The number of halogens is 1. The Bertz CT molecular complexity index is 498.